The molecule has 1 aliphatic rings. The first kappa shape index (κ1) is 17.0. The van der Waals surface area contributed by atoms with Crippen LogP contribution in [0.2, 0.25) is 0 Å². The van der Waals surface area contributed by atoms with Crippen molar-refractivity contribution in [3.05, 3.63) is 58.1 Å². The van der Waals surface area contributed by atoms with Crippen molar-refractivity contribution in [2.45, 2.75) is 18.8 Å². The van der Waals surface area contributed by atoms with Gasteiger partial charge in [0.1, 0.15) is 11.6 Å². The minimum absolute atomic E-state index is 0.0459. The summed E-state index contributed by atoms with van der Waals surface area (Å²) in [5.74, 6) is -0.0419. The first-order chi connectivity index (χ1) is 12.5. The number of para-hydroxylation sites is 2. The Morgan fingerprint density at radius 3 is 2.69 bits per heavy atom. The number of nitrogens with two attached hydrogens (primary N) is 1. The normalized spacial score (nSPS) is 15.5. The molecule has 1 saturated heterocycles. The summed E-state index contributed by atoms with van der Waals surface area (Å²) in [7, 11) is 0. The number of aromatic amines is 1. The number of fused-ring (bicyclic) bond motifs is 1. The number of benzene rings is 2. The topological polar surface area (TPSA) is 75.0 Å². The molecule has 1 aliphatic heterocycles. The summed E-state index contributed by atoms with van der Waals surface area (Å²) < 4.78 is 14.8. The molecule has 2 heterocycles. The molecule has 0 spiro atoms. The highest BCUT2D eigenvalue weighted by molar-refractivity contribution is 9.10. The van der Waals surface area contributed by atoms with Gasteiger partial charge in [-0.3, -0.25) is 4.79 Å². The fourth-order valence-electron chi connectivity index (χ4n) is 3.61. The number of imidazole rings is 1. The molecule has 1 amide bonds. The summed E-state index contributed by atoms with van der Waals surface area (Å²) in [6, 6.07) is 11.0. The molecule has 0 aliphatic carbocycles. The highest BCUT2D eigenvalue weighted by Crippen LogP contribution is 2.34. The van der Waals surface area contributed by atoms with Gasteiger partial charge in [-0.25, -0.2) is 9.37 Å². The maximum absolute atomic E-state index is 14.2. The van der Waals surface area contributed by atoms with E-state index in [9.17, 15) is 9.18 Å². The molecule has 0 bridgehead atoms. The molecule has 0 saturated carbocycles. The average molecular weight is 417 g/mol. The first-order valence-corrected chi connectivity index (χ1v) is 9.30. The summed E-state index contributed by atoms with van der Waals surface area (Å²) >= 11 is 3.30. The highest BCUT2D eigenvalue weighted by Gasteiger charge is 2.27. The third kappa shape index (κ3) is 3.07. The second-order valence-corrected chi connectivity index (χ2v) is 7.46. The number of nitrogens with zero attached hydrogens (tertiary/aromatic N) is 2. The van der Waals surface area contributed by atoms with Crippen LogP contribution in [0.4, 0.5) is 10.1 Å². The summed E-state index contributed by atoms with van der Waals surface area (Å²) in [4.78, 5) is 21.8. The van der Waals surface area contributed by atoms with Crippen molar-refractivity contribution in [3.8, 4) is 0 Å². The predicted molar refractivity (Wildman–Crippen MR) is 103 cm³/mol. The third-order valence-electron chi connectivity index (χ3n) is 4.91. The van der Waals surface area contributed by atoms with E-state index in [1.807, 2.05) is 29.2 Å². The van der Waals surface area contributed by atoms with Crippen molar-refractivity contribution in [2.75, 3.05) is 18.0 Å². The lowest BCUT2D eigenvalue weighted by molar-refractivity contribution is 0.0997. The number of hydrogen-bond acceptors (Lipinski definition) is 3. The van der Waals surface area contributed by atoms with Gasteiger partial charge in [-0.05, 0) is 37.1 Å². The summed E-state index contributed by atoms with van der Waals surface area (Å²) in [6.07, 6.45) is 1.73. The molecule has 2 aromatic carbocycles. The maximum atomic E-state index is 14.2. The fourth-order valence-corrected chi connectivity index (χ4v) is 4.03. The Morgan fingerprint density at radius 2 is 2.00 bits per heavy atom. The number of H-pyrrole nitrogens is 1. The molecule has 5 nitrogen and oxygen atoms in total. The zero-order valence-electron chi connectivity index (χ0n) is 14.0. The minimum Gasteiger partial charge on any atom is -0.371 e. The van der Waals surface area contributed by atoms with Crippen molar-refractivity contribution in [1.82, 2.24) is 9.97 Å². The van der Waals surface area contributed by atoms with Crippen LogP contribution >= 0.6 is 15.9 Å². The molecule has 3 N–H and O–H groups in total. The Balaban J connectivity index is 1.56. The molecule has 0 radical (unpaired) electrons. The Morgan fingerprint density at radius 1 is 1.27 bits per heavy atom. The van der Waals surface area contributed by atoms with Gasteiger partial charge < -0.3 is 15.6 Å². The van der Waals surface area contributed by atoms with Gasteiger partial charge in [-0.15, -0.1) is 0 Å². The molecule has 7 heteroatoms. The molecule has 26 heavy (non-hydrogen) atoms. The number of nitrogens with one attached hydrogen (secondary N) is 1. The molecule has 1 fully saturated rings. The van der Waals surface area contributed by atoms with Crippen LogP contribution < -0.4 is 10.6 Å². The van der Waals surface area contributed by atoms with E-state index < -0.39 is 11.7 Å². The minimum atomic E-state index is -0.746. The molecular formula is C19H18BrFN4O. The zero-order chi connectivity index (χ0) is 18.3. The maximum Gasteiger partial charge on any atom is 0.253 e. The largest absolute Gasteiger partial charge is 0.371 e. The van der Waals surface area contributed by atoms with Crippen LogP contribution in [0.5, 0.6) is 0 Å². The lowest BCUT2D eigenvalue weighted by Crippen LogP contribution is -2.35. The van der Waals surface area contributed by atoms with Gasteiger partial charge in [-0.1, -0.05) is 28.1 Å². The van der Waals surface area contributed by atoms with Crippen LogP contribution in [0.1, 0.15) is 34.9 Å². The van der Waals surface area contributed by atoms with E-state index >= 15 is 0 Å². The van der Waals surface area contributed by atoms with Crippen LogP contribution in [0.25, 0.3) is 11.0 Å². The van der Waals surface area contributed by atoms with Crippen LogP contribution in [0, 0.1) is 5.82 Å². The monoisotopic (exact) mass is 416 g/mol. The van der Waals surface area contributed by atoms with E-state index in [2.05, 4.69) is 20.9 Å². The van der Waals surface area contributed by atoms with Gasteiger partial charge in [0.05, 0.1) is 22.3 Å². The molecule has 1 aromatic heterocycles. The van der Waals surface area contributed by atoms with E-state index in [1.54, 1.807) is 6.07 Å². The number of amides is 1. The molecule has 0 atom stereocenters. The van der Waals surface area contributed by atoms with Crippen LogP contribution in [-0.2, 0) is 0 Å². The van der Waals surface area contributed by atoms with Gasteiger partial charge in [0, 0.05) is 23.5 Å². The molecule has 134 valence electrons. The quantitative estimate of drug-likeness (QED) is 0.678. The number of rotatable bonds is 3. The third-order valence-corrected chi connectivity index (χ3v) is 5.37. The average Bonchev–Trinajstić information content (AvgIpc) is 3.05. The number of piperidine rings is 1. The van der Waals surface area contributed by atoms with Gasteiger partial charge in [0.25, 0.3) is 5.91 Å². The molecular weight excluding hydrogens is 399 g/mol. The lowest BCUT2D eigenvalue weighted by atomic mass is 9.95. The Hall–Kier alpha value is -2.41. The fraction of sp³-hybridized carbons (Fsp3) is 0.263. The van der Waals surface area contributed by atoms with Crippen molar-refractivity contribution in [1.29, 1.82) is 0 Å². The summed E-state index contributed by atoms with van der Waals surface area (Å²) in [5, 5.41) is 0. The van der Waals surface area contributed by atoms with E-state index in [-0.39, 0.29) is 5.56 Å². The zero-order valence-corrected chi connectivity index (χ0v) is 15.6. The molecule has 0 unspecified atom stereocenters. The van der Waals surface area contributed by atoms with E-state index in [4.69, 9.17) is 10.7 Å². The number of halogens is 2. The molecule has 3 aromatic rings. The number of primary amides is 1. The Kier molecular flexibility index (Phi) is 4.40. The number of carbonyl (C=O) groups is 1. The number of carbonyl (C=O) groups excluding carboxylic acids is 1. The van der Waals surface area contributed by atoms with Crippen molar-refractivity contribution < 1.29 is 9.18 Å². The second-order valence-electron chi connectivity index (χ2n) is 6.55. The second kappa shape index (κ2) is 6.72. The smallest absolute Gasteiger partial charge is 0.253 e. The molecule has 4 rings (SSSR count). The Bertz CT molecular complexity index is 946. The van der Waals surface area contributed by atoms with Crippen molar-refractivity contribution >= 4 is 38.6 Å². The SMILES string of the molecule is NC(=O)c1c(F)cc(Br)cc1N1CCC(c2nc3ccccc3[nH]2)CC1. The first-order valence-electron chi connectivity index (χ1n) is 8.51. The summed E-state index contributed by atoms with van der Waals surface area (Å²) in [6.45, 7) is 1.41. The highest BCUT2D eigenvalue weighted by atomic mass is 79.9. The number of anilines is 1. The van der Waals surface area contributed by atoms with Crippen molar-refractivity contribution in [3.63, 3.8) is 0 Å². The van der Waals surface area contributed by atoms with E-state index in [0.29, 0.717) is 29.2 Å². The van der Waals surface area contributed by atoms with Gasteiger partial charge in [0.2, 0.25) is 0 Å². The Labute approximate surface area is 158 Å². The van der Waals surface area contributed by atoms with Crippen LogP contribution in [0.3, 0.4) is 0 Å². The van der Waals surface area contributed by atoms with E-state index in [1.165, 1.54) is 6.07 Å². The number of aromatic nitrogens is 2. The van der Waals surface area contributed by atoms with Crippen molar-refractivity contribution in [2.24, 2.45) is 5.73 Å². The van der Waals surface area contributed by atoms with Gasteiger partial charge in [0.15, 0.2) is 0 Å². The summed E-state index contributed by atoms with van der Waals surface area (Å²) in [5.41, 5.74) is 7.90. The van der Waals surface area contributed by atoms with E-state index in [0.717, 1.165) is 29.7 Å². The predicted octanol–water partition coefficient (Wildman–Crippen LogP) is 3.95. The van der Waals surface area contributed by atoms with Gasteiger partial charge in [-0.2, -0.15) is 0 Å². The lowest BCUT2D eigenvalue weighted by Gasteiger charge is -2.34. The van der Waals surface area contributed by atoms with Crippen LogP contribution in [-0.4, -0.2) is 29.0 Å². The van der Waals surface area contributed by atoms with Gasteiger partial charge >= 0.3 is 0 Å². The number of hydrogen-bond donors (Lipinski definition) is 2. The van der Waals surface area contributed by atoms with Crippen LogP contribution in [0.15, 0.2) is 40.9 Å². The standard InChI is InChI=1S/C19H18BrFN4O/c20-12-9-13(21)17(18(22)26)16(10-12)25-7-5-11(6-8-25)19-23-14-3-1-2-4-15(14)24-19/h1-4,9-11H,5-8H2,(H2,22,26)(H,23,24).